The summed E-state index contributed by atoms with van der Waals surface area (Å²) in [7, 11) is 0. The fraction of sp³-hybridized carbons (Fsp3) is 0.615. The van der Waals surface area contributed by atoms with Gasteiger partial charge in [0, 0.05) is 5.54 Å². The lowest BCUT2D eigenvalue weighted by Crippen LogP contribution is -2.53. The van der Waals surface area contributed by atoms with E-state index >= 15 is 0 Å². The fourth-order valence-electron chi connectivity index (χ4n) is 2.63. The maximum Gasteiger partial charge on any atom is 0.287 e. The summed E-state index contributed by atoms with van der Waals surface area (Å²) in [5.41, 5.74) is -0.865. The van der Waals surface area contributed by atoms with Crippen molar-refractivity contribution in [3.63, 3.8) is 0 Å². The Labute approximate surface area is 107 Å². The van der Waals surface area contributed by atoms with E-state index in [1.54, 1.807) is 12.1 Å². The number of nitrogens with zero attached hydrogens (tertiary/aromatic N) is 1. The molecule has 0 unspecified atom stereocenters. The first-order valence-corrected chi connectivity index (χ1v) is 6.09. The second kappa shape index (κ2) is 4.10. The van der Waals surface area contributed by atoms with Crippen LogP contribution in [0.25, 0.3) is 0 Å². The molecule has 5 nitrogen and oxygen atoms in total. The Kier molecular flexibility index (Phi) is 2.99. The number of carbonyl (C=O) groups excluding carboxylic acids is 1. The van der Waals surface area contributed by atoms with Crippen molar-refractivity contribution >= 4 is 5.91 Å². The molecule has 0 radical (unpaired) electrons. The van der Waals surface area contributed by atoms with Gasteiger partial charge in [-0.05, 0) is 46.2 Å². The van der Waals surface area contributed by atoms with Crippen molar-refractivity contribution in [2.75, 3.05) is 0 Å². The molecule has 1 aromatic rings. The van der Waals surface area contributed by atoms with Gasteiger partial charge in [-0.2, -0.15) is 5.06 Å². The first-order valence-electron chi connectivity index (χ1n) is 6.09. The van der Waals surface area contributed by atoms with Crippen LogP contribution in [0.15, 0.2) is 22.8 Å². The number of hydrogen-bond acceptors (Lipinski definition) is 4. The summed E-state index contributed by atoms with van der Waals surface area (Å²) >= 11 is 0. The van der Waals surface area contributed by atoms with Gasteiger partial charge in [-0.1, -0.05) is 0 Å². The summed E-state index contributed by atoms with van der Waals surface area (Å²) in [6.07, 6.45) is 2.15. The molecule has 0 spiro atoms. The number of hydroxylamine groups is 2. The minimum atomic E-state index is -0.508. The summed E-state index contributed by atoms with van der Waals surface area (Å²) in [4.78, 5) is 12.0. The summed E-state index contributed by atoms with van der Waals surface area (Å²) in [6.45, 7) is 7.73. The molecule has 1 aliphatic rings. The quantitative estimate of drug-likeness (QED) is 0.845. The molecular weight excluding hydrogens is 232 g/mol. The second-order valence-electron chi connectivity index (χ2n) is 5.99. The van der Waals surface area contributed by atoms with Crippen LogP contribution in [0, 0.1) is 0 Å². The third-order valence-corrected chi connectivity index (χ3v) is 3.73. The molecule has 1 fully saturated rings. The number of carbonyl (C=O) groups is 1. The first kappa shape index (κ1) is 13.1. The summed E-state index contributed by atoms with van der Waals surface area (Å²) in [5.74, 6) is 0.0455. The van der Waals surface area contributed by atoms with E-state index in [0.29, 0.717) is 12.2 Å². The van der Waals surface area contributed by atoms with Crippen LogP contribution < -0.4 is 5.32 Å². The van der Waals surface area contributed by atoms with Gasteiger partial charge in [-0.15, -0.1) is 0 Å². The molecule has 2 rings (SSSR count). The number of amides is 1. The zero-order valence-electron chi connectivity index (χ0n) is 11.2. The molecule has 100 valence electrons. The lowest BCUT2D eigenvalue weighted by Gasteiger charge is -2.35. The Morgan fingerprint density at radius 3 is 2.61 bits per heavy atom. The summed E-state index contributed by atoms with van der Waals surface area (Å²) in [6, 6.07) is 3.17. The Balaban J connectivity index is 2.13. The van der Waals surface area contributed by atoms with Gasteiger partial charge in [-0.25, -0.2) is 0 Å². The molecule has 0 saturated carbocycles. The highest BCUT2D eigenvalue weighted by atomic mass is 16.5. The van der Waals surface area contributed by atoms with Crippen molar-refractivity contribution in [2.24, 2.45) is 0 Å². The normalized spacial score (nSPS) is 26.2. The van der Waals surface area contributed by atoms with Crippen molar-refractivity contribution in [1.82, 2.24) is 10.4 Å². The van der Waals surface area contributed by atoms with Crippen molar-refractivity contribution in [3.8, 4) is 0 Å². The number of furan rings is 1. The molecule has 1 aromatic heterocycles. The maximum absolute atomic E-state index is 12.0. The molecule has 1 amide bonds. The number of hydrogen-bond donors (Lipinski definition) is 2. The minimum Gasteiger partial charge on any atom is -0.459 e. The van der Waals surface area contributed by atoms with E-state index in [1.165, 1.54) is 11.3 Å². The lowest BCUT2D eigenvalue weighted by atomic mass is 9.94. The third kappa shape index (κ3) is 2.04. The van der Waals surface area contributed by atoms with Crippen LogP contribution in [0.5, 0.6) is 0 Å². The monoisotopic (exact) mass is 252 g/mol. The van der Waals surface area contributed by atoms with Crippen LogP contribution in [0.4, 0.5) is 0 Å². The number of rotatable bonds is 2. The molecule has 1 aliphatic heterocycles. The van der Waals surface area contributed by atoms with Crippen LogP contribution >= 0.6 is 0 Å². The summed E-state index contributed by atoms with van der Waals surface area (Å²) < 4.78 is 5.06. The van der Waals surface area contributed by atoms with Gasteiger partial charge in [0.05, 0.1) is 17.8 Å². The van der Waals surface area contributed by atoms with Crippen molar-refractivity contribution < 1.29 is 14.4 Å². The molecule has 2 heterocycles. The highest BCUT2D eigenvalue weighted by Crippen LogP contribution is 2.39. The van der Waals surface area contributed by atoms with E-state index in [9.17, 15) is 10.0 Å². The average Bonchev–Trinajstić information content (AvgIpc) is 2.83. The van der Waals surface area contributed by atoms with Gasteiger partial charge in [0.15, 0.2) is 5.76 Å². The largest absolute Gasteiger partial charge is 0.459 e. The van der Waals surface area contributed by atoms with E-state index in [1.807, 2.05) is 27.7 Å². The third-order valence-electron chi connectivity index (χ3n) is 3.73. The van der Waals surface area contributed by atoms with Crippen LogP contribution in [0.2, 0.25) is 0 Å². The Morgan fingerprint density at radius 1 is 1.50 bits per heavy atom. The zero-order valence-corrected chi connectivity index (χ0v) is 11.2. The van der Waals surface area contributed by atoms with Gasteiger partial charge >= 0.3 is 0 Å². The van der Waals surface area contributed by atoms with Crippen molar-refractivity contribution in [1.29, 1.82) is 0 Å². The Morgan fingerprint density at radius 2 is 2.17 bits per heavy atom. The molecule has 1 atom stereocenters. The smallest absolute Gasteiger partial charge is 0.287 e. The molecule has 0 bridgehead atoms. The van der Waals surface area contributed by atoms with E-state index in [0.717, 1.165) is 0 Å². The predicted octanol–water partition coefficient (Wildman–Crippen LogP) is 2.03. The molecule has 2 N–H and O–H groups in total. The van der Waals surface area contributed by atoms with Gasteiger partial charge < -0.3 is 14.9 Å². The van der Waals surface area contributed by atoms with E-state index < -0.39 is 5.54 Å². The lowest BCUT2D eigenvalue weighted by molar-refractivity contribution is -0.193. The number of nitrogens with one attached hydrogen (secondary N) is 1. The Bertz CT molecular complexity index is 437. The van der Waals surface area contributed by atoms with Gasteiger partial charge in [0.1, 0.15) is 0 Å². The predicted molar refractivity (Wildman–Crippen MR) is 66.4 cm³/mol. The first-order chi connectivity index (χ1) is 8.25. The molecular formula is C13H20N2O3. The van der Waals surface area contributed by atoms with E-state index in [4.69, 9.17) is 4.42 Å². The van der Waals surface area contributed by atoms with Crippen LogP contribution in [0.3, 0.4) is 0 Å². The minimum absolute atomic E-state index is 0.130. The standard InChI is InChI=1S/C13H20N2O3/c1-12(2)8-10(13(3,4)15(12)17)14-11(16)9-6-5-7-18-9/h5-7,10,17H,8H2,1-4H3,(H,14,16)/t10-/m1/s1. The van der Waals surface area contributed by atoms with Crippen LogP contribution in [-0.4, -0.2) is 33.3 Å². The van der Waals surface area contributed by atoms with Crippen LogP contribution in [-0.2, 0) is 0 Å². The molecule has 5 heteroatoms. The van der Waals surface area contributed by atoms with Gasteiger partial charge in [0.2, 0.25) is 0 Å². The molecule has 0 aliphatic carbocycles. The van der Waals surface area contributed by atoms with Gasteiger partial charge in [-0.3, -0.25) is 4.79 Å². The van der Waals surface area contributed by atoms with Crippen molar-refractivity contribution in [2.45, 2.75) is 51.2 Å². The summed E-state index contributed by atoms with van der Waals surface area (Å²) in [5, 5.41) is 14.4. The topological polar surface area (TPSA) is 65.7 Å². The van der Waals surface area contributed by atoms with Crippen LogP contribution in [0.1, 0.15) is 44.7 Å². The fourth-order valence-corrected chi connectivity index (χ4v) is 2.63. The zero-order chi connectivity index (χ0) is 13.6. The molecule has 0 aromatic carbocycles. The SMILES string of the molecule is CC1(C)C[C@@H](NC(=O)c2ccco2)C(C)(C)N1O. The second-order valence-corrected chi connectivity index (χ2v) is 5.99. The Hall–Kier alpha value is -1.33. The van der Waals surface area contributed by atoms with Gasteiger partial charge in [0.25, 0.3) is 5.91 Å². The molecule has 1 saturated heterocycles. The van der Waals surface area contributed by atoms with Crippen molar-refractivity contribution in [3.05, 3.63) is 24.2 Å². The molecule has 18 heavy (non-hydrogen) atoms. The van der Waals surface area contributed by atoms with E-state index in [-0.39, 0.29) is 17.5 Å². The maximum atomic E-state index is 12.0. The average molecular weight is 252 g/mol. The van der Waals surface area contributed by atoms with E-state index in [2.05, 4.69) is 5.32 Å². The highest BCUT2D eigenvalue weighted by Gasteiger charge is 2.51. The highest BCUT2D eigenvalue weighted by molar-refractivity contribution is 5.91.